The molecule has 0 aliphatic heterocycles. The van der Waals surface area contributed by atoms with Gasteiger partial charge in [0.15, 0.2) is 6.61 Å². The zero-order valence-electron chi connectivity index (χ0n) is 12.2. The minimum Gasteiger partial charge on any atom is -0.479 e. The first-order valence-electron chi connectivity index (χ1n) is 6.68. The molecule has 1 rings (SSSR count). The standard InChI is InChI=1S/C15H16F3N3O2/c1-11(5-6-15(16,17)18)21-14(22)20-10-12-3-2-4-13(9-12)23-8-7-19/h2-4,9H,1,5-6,8,10H2,(H2,20,21,22). The first-order chi connectivity index (χ1) is 10.8. The predicted molar refractivity (Wildman–Crippen MR) is 77.4 cm³/mol. The monoisotopic (exact) mass is 327 g/mol. The van der Waals surface area contributed by atoms with E-state index in [1.165, 1.54) is 0 Å². The minimum atomic E-state index is -4.29. The molecule has 0 saturated heterocycles. The Morgan fingerprint density at radius 1 is 1.39 bits per heavy atom. The van der Waals surface area contributed by atoms with Gasteiger partial charge in [0.05, 0.1) is 0 Å². The number of nitriles is 1. The number of urea groups is 1. The Hall–Kier alpha value is -2.69. The molecule has 0 aliphatic carbocycles. The van der Waals surface area contributed by atoms with Crippen molar-refractivity contribution in [2.24, 2.45) is 0 Å². The number of hydrogen-bond donors (Lipinski definition) is 2. The topological polar surface area (TPSA) is 74.2 Å². The molecule has 5 nitrogen and oxygen atoms in total. The second-order valence-corrected chi connectivity index (χ2v) is 4.62. The first-order valence-corrected chi connectivity index (χ1v) is 6.68. The average molecular weight is 327 g/mol. The number of hydrogen-bond acceptors (Lipinski definition) is 3. The molecule has 0 unspecified atom stereocenters. The molecule has 2 N–H and O–H groups in total. The molecule has 0 aliphatic rings. The maximum absolute atomic E-state index is 12.0. The zero-order valence-corrected chi connectivity index (χ0v) is 12.2. The van der Waals surface area contributed by atoms with Crippen LogP contribution in [0.4, 0.5) is 18.0 Å². The summed E-state index contributed by atoms with van der Waals surface area (Å²) < 4.78 is 41.3. The van der Waals surface area contributed by atoms with E-state index in [1.807, 2.05) is 6.07 Å². The second kappa shape index (κ2) is 8.68. The molecule has 0 aromatic heterocycles. The highest BCUT2D eigenvalue weighted by atomic mass is 19.4. The van der Waals surface area contributed by atoms with E-state index >= 15 is 0 Å². The minimum absolute atomic E-state index is 0.00840. The molecule has 23 heavy (non-hydrogen) atoms. The van der Waals surface area contributed by atoms with Crippen LogP contribution in [0.15, 0.2) is 36.5 Å². The molecule has 2 amide bonds. The lowest BCUT2D eigenvalue weighted by Crippen LogP contribution is -2.34. The number of nitrogens with zero attached hydrogens (tertiary/aromatic N) is 1. The predicted octanol–water partition coefficient (Wildman–Crippen LogP) is 3.24. The number of amides is 2. The molecule has 124 valence electrons. The fourth-order valence-electron chi connectivity index (χ4n) is 1.60. The Morgan fingerprint density at radius 3 is 2.78 bits per heavy atom. The van der Waals surface area contributed by atoms with E-state index in [4.69, 9.17) is 10.00 Å². The lowest BCUT2D eigenvalue weighted by molar-refractivity contribution is -0.134. The fourth-order valence-corrected chi connectivity index (χ4v) is 1.60. The van der Waals surface area contributed by atoms with Gasteiger partial charge in [-0.1, -0.05) is 18.7 Å². The number of carbonyl (C=O) groups is 1. The van der Waals surface area contributed by atoms with Crippen LogP contribution in [-0.2, 0) is 6.54 Å². The summed E-state index contributed by atoms with van der Waals surface area (Å²) in [5, 5.41) is 13.2. The average Bonchev–Trinajstić information content (AvgIpc) is 2.49. The van der Waals surface area contributed by atoms with E-state index in [9.17, 15) is 18.0 Å². The molecular weight excluding hydrogens is 311 g/mol. The molecule has 1 aromatic rings. The van der Waals surface area contributed by atoms with Crippen LogP contribution in [0.25, 0.3) is 0 Å². The Kier molecular flexibility index (Phi) is 6.93. The first kappa shape index (κ1) is 18.4. The van der Waals surface area contributed by atoms with Crippen LogP contribution in [-0.4, -0.2) is 18.8 Å². The highest BCUT2D eigenvalue weighted by Crippen LogP contribution is 2.22. The van der Waals surface area contributed by atoms with Gasteiger partial charge in [0.25, 0.3) is 0 Å². The van der Waals surface area contributed by atoms with E-state index in [2.05, 4.69) is 17.2 Å². The Balaban J connectivity index is 2.38. The van der Waals surface area contributed by atoms with Gasteiger partial charge in [0.1, 0.15) is 11.8 Å². The normalized spacial score (nSPS) is 10.5. The number of allylic oxidation sites excluding steroid dienone is 1. The molecule has 0 spiro atoms. The molecule has 0 heterocycles. The van der Waals surface area contributed by atoms with Crippen molar-refractivity contribution in [2.75, 3.05) is 6.61 Å². The summed E-state index contributed by atoms with van der Waals surface area (Å²) in [6.07, 6.45) is -5.69. The summed E-state index contributed by atoms with van der Waals surface area (Å²) >= 11 is 0. The number of carbonyl (C=O) groups excluding carboxylic acids is 1. The third kappa shape index (κ3) is 8.36. The van der Waals surface area contributed by atoms with E-state index < -0.39 is 18.6 Å². The van der Waals surface area contributed by atoms with Gasteiger partial charge in [-0.05, 0) is 24.1 Å². The highest BCUT2D eigenvalue weighted by Gasteiger charge is 2.26. The Bertz CT molecular complexity index is 594. The summed E-state index contributed by atoms with van der Waals surface area (Å²) in [6, 6.07) is 7.95. The van der Waals surface area contributed by atoms with Gasteiger partial charge in [0.2, 0.25) is 0 Å². The molecular formula is C15H16F3N3O2. The van der Waals surface area contributed by atoms with Gasteiger partial charge in [-0.25, -0.2) is 4.79 Å². The molecule has 0 atom stereocenters. The molecule has 0 radical (unpaired) electrons. The van der Waals surface area contributed by atoms with Crippen molar-refractivity contribution in [3.63, 3.8) is 0 Å². The number of ether oxygens (including phenoxy) is 1. The fraction of sp³-hybridized carbons (Fsp3) is 0.333. The summed E-state index contributed by atoms with van der Waals surface area (Å²) in [6.45, 7) is 3.45. The largest absolute Gasteiger partial charge is 0.479 e. The molecule has 0 bridgehead atoms. The second-order valence-electron chi connectivity index (χ2n) is 4.62. The van der Waals surface area contributed by atoms with Crippen molar-refractivity contribution in [3.05, 3.63) is 42.1 Å². The lowest BCUT2D eigenvalue weighted by Gasteiger charge is -2.11. The van der Waals surface area contributed by atoms with Gasteiger partial charge in [-0.3, -0.25) is 0 Å². The Morgan fingerprint density at radius 2 is 2.13 bits per heavy atom. The van der Waals surface area contributed by atoms with Crippen molar-refractivity contribution in [1.82, 2.24) is 10.6 Å². The summed E-state index contributed by atoms with van der Waals surface area (Å²) in [5.41, 5.74) is 0.711. The van der Waals surface area contributed by atoms with Gasteiger partial charge >= 0.3 is 12.2 Å². The van der Waals surface area contributed by atoms with Crippen LogP contribution in [0.3, 0.4) is 0 Å². The number of benzene rings is 1. The van der Waals surface area contributed by atoms with E-state index in [0.717, 1.165) is 5.56 Å². The van der Waals surface area contributed by atoms with Crippen LogP contribution < -0.4 is 15.4 Å². The van der Waals surface area contributed by atoms with E-state index in [1.54, 1.807) is 24.3 Å². The van der Waals surface area contributed by atoms with Gasteiger partial charge in [-0.2, -0.15) is 18.4 Å². The zero-order chi connectivity index (χ0) is 17.3. The van der Waals surface area contributed by atoms with Crippen molar-refractivity contribution in [3.8, 4) is 11.8 Å². The molecule has 8 heteroatoms. The number of halogens is 3. The molecule has 0 saturated carbocycles. The van der Waals surface area contributed by atoms with Crippen LogP contribution in [0.1, 0.15) is 18.4 Å². The third-order valence-electron chi connectivity index (χ3n) is 2.66. The lowest BCUT2D eigenvalue weighted by atomic mass is 10.2. The smallest absolute Gasteiger partial charge is 0.389 e. The summed E-state index contributed by atoms with van der Waals surface area (Å²) in [7, 11) is 0. The van der Waals surface area contributed by atoms with Crippen molar-refractivity contribution >= 4 is 6.03 Å². The maximum Gasteiger partial charge on any atom is 0.389 e. The summed E-state index contributed by atoms with van der Waals surface area (Å²) in [5.74, 6) is 0.487. The number of nitrogens with one attached hydrogen (secondary N) is 2. The third-order valence-corrected chi connectivity index (χ3v) is 2.66. The highest BCUT2D eigenvalue weighted by molar-refractivity contribution is 5.75. The van der Waals surface area contributed by atoms with Crippen LogP contribution >= 0.6 is 0 Å². The molecule has 1 aromatic carbocycles. The summed E-state index contributed by atoms with van der Waals surface area (Å²) in [4.78, 5) is 11.6. The van der Waals surface area contributed by atoms with Crippen molar-refractivity contribution < 1.29 is 22.7 Å². The molecule has 0 fully saturated rings. The van der Waals surface area contributed by atoms with Gasteiger partial charge in [-0.15, -0.1) is 0 Å². The van der Waals surface area contributed by atoms with Crippen LogP contribution in [0, 0.1) is 11.3 Å². The van der Waals surface area contributed by atoms with Crippen molar-refractivity contribution in [1.29, 1.82) is 5.26 Å². The van der Waals surface area contributed by atoms with Gasteiger partial charge < -0.3 is 15.4 Å². The van der Waals surface area contributed by atoms with E-state index in [0.29, 0.717) is 5.75 Å². The number of alkyl halides is 3. The van der Waals surface area contributed by atoms with Crippen molar-refractivity contribution in [2.45, 2.75) is 25.6 Å². The Labute approximate surface area is 131 Å². The quantitative estimate of drug-likeness (QED) is 0.807. The van der Waals surface area contributed by atoms with E-state index in [-0.39, 0.29) is 25.3 Å². The van der Waals surface area contributed by atoms with Gasteiger partial charge in [0, 0.05) is 18.7 Å². The maximum atomic E-state index is 12.0. The number of rotatable bonds is 7. The SMILES string of the molecule is C=C(CCC(F)(F)F)NC(=O)NCc1cccc(OCC#N)c1. The van der Waals surface area contributed by atoms with Crippen LogP contribution in [0.5, 0.6) is 5.75 Å². The van der Waals surface area contributed by atoms with Crippen LogP contribution in [0.2, 0.25) is 0 Å².